The Balaban J connectivity index is 1.98. The third-order valence-corrected chi connectivity index (χ3v) is 5.18. The largest absolute Gasteiger partial charge is 0.307 e. The van der Waals surface area contributed by atoms with Gasteiger partial charge in [0.2, 0.25) is 0 Å². The molecule has 0 fully saturated rings. The maximum Gasteiger partial charge on any atom is 0.268 e. The van der Waals surface area contributed by atoms with E-state index in [4.69, 9.17) is 0 Å². The van der Waals surface area contributed by atoms with Crippen LogP contribution in [0.15, 0.2) is 18.2 Å². The molecule has 0 radical (unpaired) electrons. The topological polar surface area (TPSA) is 20.3 Å². The van der Waals surface area contributed by atoms with Crippen molar-refractivity contribution in [1.29, 1.82) is 0 Å². The van der Waals surface area contributed by atoms with Gasteiger partial charge in [0.1, 0.15) is 11.6 Å². The Bertz CT molecular complexity index is 723. The van der Waals surface area contributed by atoms with Crippen LogP contribution < -0.4 is 4.90 Å². The second-order valence-corrected chi connectivity index (χ2v) is 6.30. The monoisotopic (exact) mass is 307 g/mol. The first kappa shape index (κ1) is 14.2. The zero-order valence-corrected chi connectivity index (χ0v) is 12.7. The van der Waals surface area contributed by atoms with Gasteiger partial charge in [-0.05, 0) is 37.5 Å². The third-order valence-electron chi connectivity index (χ3n) is 3.81. The van der Waals surface area contributed by atoms with Gasteiger partial charge in [-0.25, -0.2) is 8.78 Å². The van der Waals surface area contributed by atoms with Crippen molar-refractivity contribution >= 4 is 22.9 Å². The number of fused-ring (bicyclic) bond motifs is 1. The number of amides is 1. The Labute approximate surface area is 126 Å². The van der Waals surface area contributed by atoms with E-state index >= 15 is 0 Å². The molecule has 3 rings (SSSR count). The van der Waals surface area contributed by atoms with Gasteiger partial charge >= 0.3 is 0 Å². The highest BCUT2D eigenvalue weighted by molar-refractivity contribution is 7.14. The molecule has 0 spiro atoms. The number of anilines is 1. The van der Waals surface area contributed by atoms with Gasteiger partial charge in [-0.15, -0.1) is 11.3 Å². The average Bonchev–Trinajstić information content (AvgIpc) is 3.01. The summed E-state index contributed by atoms with van der Waals surface area (Å²) in [6.07, 6.45) is 1.31. The van der Waals surface area contributed by atoms with Crippen molar-refractivity contribution in [2.75, 3.05) is 11.4 Å². The van der Waals surface area contributed by atoms with Gasteiger partial charge in [-0.1, -0.05) is 6.92 Å². The third kappa shape index (κ3) is 2.35. The number of thiophene rings is 1. The summed E-state index contributed by atoms with van der Waals surface area (Å²) in [5.41, 5.74) is 1.88. The van der Waals surface area contributed by atoms with Crippen molar-refractivity contribution in [1.82, 2.24) is 0 Å². The average molecular weight is 307 g/mol. The SMILES string of the molecule is CCc1sc(C(=O)N2CCc3c(F)cc(F)cc32)cc1C. The molecular weight excluding hydrogens is 292 g/mol. The number of benzene rings is 1. The molecule has 0 atom stereocenters. The minimum atomic E-state index is -0.650. The van der Waals surface area contributed by atoms with Gasteiger partial charge in [0, 0.05) is 23.1 Å². The standard InChI is InChI=1S/C16H15F2NOS/c1-3-14-9(2)6-15(21-14)16(20)19-5-4-11-12(18)7-10(17)8-13(11)19/h6-8H,3-5H2,1-2H3. The quantitative estimate of drug-likeness (QED) is 0.818. The summed E-state index contributed by atoms with van der Waals surface area (Å²) in [6, 6.07) is 3.97. The van der Waals surface area contributed by atoms with Crippen LogP contribution in [0.5, 0.6) is 0 Å². The summed E-state index contributed by atoms with van der Waals surface area (Å²) >= 11 is 1.46. The van der Waals surface area contributed by atoms with Gasteiger partial charge in [0.15, 0.2) is 0 Å². The number of halogens is 2. The molecule has 5 heteroatoms. The van der Waals surface area contributed by atoms with E-state index in [0.717, 1.165) is 18.1 Å². The van der Waals surface area contributed by atoms with Crippen LogP contribution in [0.2, 0.25) is 0 Å². The van der Waals surface area contributed by atoms with Crippen molar-refractivity contribution in [3.05, 3.63) is 50.7 Å². The Kier molecular flexibility index (Phi) is 3.53. The second kappa shape index (κ2) is 5.22. The van der Waals surface area contributed by atoms with Crippen molar-refractivity contribution in [2.45, 2.75) is 26.7 Å². The molecule has 1 aromatic heterocycles. The van der Waals surface area contributed by atoms with Crippen molar-refractivity contribution < 1.29 is 13.6 Å². The van der Waals surface area contributed by atoms with E-state index in [1.54, 1.807) is 0 Å². The fourth-order valence-corrected chi connectivity index (χ4v) is 3.81. The molecule has 110 valence electrons. The summed E-state index contributed by atoms with van der Waals surface area (Å²) in [6.45, 7) is 4.42. The van der Waals surface area contributed by atoms with E-state index in [9.17, 15) is 13.6 Å². The van der Waals surface area contributed by atoms with E-state index in [1.807, 2.05) is 19.9 Å². The van der Waals surface area contributed by atoms with Crippen LogP contribution in [-0.4, -0.2) is 12.5 Å². The number of carbonyl (C=O) groups excluding carboxylic acids is 1. The molecule has 2 aromatic rings. The number of hydrogen-bond donors (Lipinski definition) is 0. The highest BCUT2D eigenvalue weighted by Crippen LogP contribution is 2.33. The smallest absolute Gasteiger partial charge is 0.268 e. The number of nitrogens with zero attached hydrogens (tertiary/aromatic N) is 1. The fraction of sp³-hybridized carbons (Fsp3) is 0.312. The Morgan fingerprint density at radius 1 is 1.33 bits per heavy atom. The van der Waals surface area contributed by atoms with Crippen molar-refractivity contribution in [2.24, 2.45) is 0 Å². The van der Waals surface area contributed by atoms with Gasteiger partial charge in [0.25, 0.3) is 5.91 Å². The first-order valence-electron chi connectivity index (χ1n) is 6.90. The molecule has 1 aromatic carbocycles. The van der Waals surface area contributed by atoms with E-state index in [1.165, 1.54) is 27.2 Å². The molecule has 2 nitrogen and oxygen atoms in total. The first-order valence-corrected chi connectivity index (χ1v) is 7.72. The predicted molar refractivity (Wildman–Crippen MR) is 80.2 cm³/mol. The van der Waals surface area contributed by atoms with E-state index in [0.29, 0.717) is 29.1 Å². The Hall–Kier alpha value is -1.75. The minimum absolute atomic E-state index is 0.174. The molecule has 0 saturated carbocycles. The lowest BCUT2D eigenvalue weighted by molar-refractivity contribution is 0.0993. The highest BCUT2D eigenvalue weighted by atomic mass is 32.1. The summed E-state index contributed by atoms with van der Waals surface area (Å²) in [5.74, 6) is -1.40. The highest BCUT2D eigenvalue weighted by Gasteiger charge is 2.29. The summed E-state index contributed by atoms with van der Waals surface area (Å²) in [7, 11) is 0. The minimum Gasteiger partial charge on any atom is -0.307 e. The number of carbonyl (C=O) groups is 1. The van der Waals surface area contributed by atoms with Crippen molar-refractivity contribution in [3.8, 4) is 0 Å². The number of rotatable bonds is 2. The molecule has 0 N–H and O–H groups in total. The lowest BCUT2D eigenvalue weighted by Crippen LogP contribution is -2.28. The lowest BCUT2D eigenvalue weighted by Gasteiger charge is -2.16. The summed E-state index contributed by atoms with van der Waals surface area (Å²) in [5, 5.41) is 0. The van der Waals surface area contributed by atoms with Crippen LogP contribution in [0.25, 0.3) is 0 Å². The maximum absolute atomic E-state index is 13.7. The normalized spacial score (nSPS) is 13.6. The molecular formula is C16H15F2NOS. The number of hydrogen-bond acceptors (Lipinski definition) is 2. The van der Waals surface area contributed by atoms with E-state index in [-0.39, 0.29) is 5.91 Å². The van der Waals surface area contributed by atoms with Gasteiger partial charge in [0.05, 0.1) is 10.6 Å². The number of aryl methyl sites for hydroxylation is 2. The molecule has 1 amide bonds. The van der Waals surface area contributed by atoms with Gasteiger partial charge in [-0.3, -0.25) is 4.79 Å². The van der Waals surface area contributed by atoms with Gasteiger partial charge < -0.3 is 4.90 Å². The van der Waals surface area contributed by atoms with Crippen LogP contribution in [0.1, 0.15) is 32.6 Å². The Morgan fingerprint density at radius 2 is 2.10 bits per heavy atom. The van der Waals surface area contributed by atoms with Crippen molar-refractivity contribution in [3.63, 3.8) is 0 Å². The van der Waals surface area contributed by atoms with Gasteiger partial charge in [-0.2, -0.15) is 0 Å². The van der Waals surface area contributed by atoms with Crippen LogP contribution in [0, 0.1) is 18.6 Å². The first-order chi connectivity index (χ1) is 10.0. The van der Waals surface area contributed by atoms with Crippen LogP contribution in [0.4, 0.5) is 14.5 Å². The molecule has 0 unspecified atom stereocenters. The van der Waals surface area contributed by atoms with Crippen LogP contribution in [-0.2, 0) is 12.8 Å². The molecule has 21 heavy (non-hydrogen) atoms. The Morgan fingerprint density at radius 3 is 2.76 bits per heavy atom. The zero-order chi connectivity index (χ0) is 15.1. The summed E-state index contributed by atoms with van der Waals surface area (Å²) < 4.78 is 27.1. The predicted octanol–water partition coefficient (Wildman–Crippen LogP) is 4.10. The molecule has 0 saturated heterocycles. The van der Waals surface area contributed by atoms with E-state index in [2.05, 4.69) is 0 Å². The lowest BCUT2D eigenvalue weighted by atomic mass is 10.1. The molecule has 0 bridgehead atoms. The van der Waals surface area contributed by atoms with Crippen LogP contribution in [0.3, 0.4) is 0 Å². The molecule has 1 aliphatic heterocycles. The zero-order valence-electron chi connectivity index (χ0n) is 11.9. The molecule has 1 aliphatic rings. The van der Waals surface area contributed by atoms with Crippen LogP contribution >= 0.6 is 11.3 Å². The molecule has 0 aliphatic carbocycles. The fourth-order valence-electron chi connectivity index (χ4n) is 2.74. The van der Waals surface area contributed by atoms with E-state index < -0.39 is 11.6 Å². The molecule has 2 heterocycles. The summed E-state index contributed by atoms with van der Waals surface area (Å²) in [4.78, 5) is 15.9. The second-order valence-electron chi connectivity index (χ2n) is 5.16. The maximum atomic E-state index is 13.7.